The van der Waals surface area contributed by atoms with E-state index in [2.05, 4.69) is 20.2 Å². The number of phenolic OH excluding ortho intramolecular Hbond substituents is 1. The molecule has 0 saturated carbocycles. The van der Waals surface area contributed by atoms with Gasteiger partial charge in [0.2, 0.25) is 0 Å². The first-order valence-electron chi connectivity index (χ1n) is 8.05. The first-order chi connectivity index (χ1) is 11.7. The molecule has 1 aromatic carbocycles. The first-order valence-corrected chi connectivity index (χ1v) is 8.05. The van der Waals surface area contributed by atoms with Crippen LogP contribution in [0.5, 0.6) is 11.8 Å². The van der Waals surface area contributed by atoms with Crippen molar-refractivity contribution in [3.05, 3.63) is 42.0 Å². The average molecular weight is 325 g/mol. The molecule has 1 saturated heterocycles. The van der Waals surface area contributed by atoms with E-state index < -0.39 is 0 Å². The molecule has 2 aromatic heterocycles. The molecular formula is C17H19N5O2. The minimum atomic E-state index is 0.316. The Morgan fingerprint density at radius 3 is 2.50 bits per heavy atom. The van der Waals surface area contributed by atoms with Crippen LogP contribution in [0.25, 0.3) is 5.65 Å². The van der Waals surface area contributed by atoms with Gasteiger partial charge in [0, 0.05) is 13.1 Å². The highest BCUT2D eigenvalue weighted by Gasteiger charge is 2.22. The molecule has 0 unspecified atom stereocenters. The Balaban J connectivity index is 1.50. The van der Waals surface area contributed by atoms with Crippen LogP contribution in [0.1, 0.15) is 24.3 Å². The molecule has 3 heterocycles. The number of aromatic hydroxyl groups is 1. The van der Waals surface area contributed by atoms with Crippen molar-refractivity contribution in [3.8, 4) is 11.8 Å². The van der Waals surface area contributed by atoms with Crippen LogP contribution in [0.15, 0.2) is 36.4 Å². The van der Waals surface area contributed by atoms with E-state index >= 15 is 0 Å². The molecule has 0 bridgehead atoms. The third-order valence-corrected chi connectivity index (χ3v) is 4.59. The van der Waals surface area contributed by atoms with E-state index in [4.69, 9.17) is 4.74 Å². The average Bonchev–Trinajstić information content (AvgIpc) is 3.05. The molecule has 124 valence electrons. The van der Waals surface area contributed by atoms with Crippen LogP contribution in [0, 0.1) is 0 Å². The summed E-state index contributed by atoms with van der Waals surface area (Å²) < 4.78 is 6.81. The highest BCUT2D eigenvalue weighted by atomic mass is 16.5. The third kappa shape index (κ3) is 2.62. The molecule has 24 heavy (non-hydrogen) atoms. The third-order valence-electron chi connectivity index (χ3n) is 4.59. The van der Waals surface area contributed by atoms with Crippen LogP contribution < -0.4 is 9.64 Å². The number of ether oxygens (including phenoxy) is 1. The second-order valence-corrected chi connectivity index (χ2v) is 6.00. The second-order valence-electron chi connectivity index (χ2n) is 6.00. The van der Waals surface area contributed by atoms with E-state index in [1.54, 1.807) is 23.8 Å². The Morgan fingerprint density at radius 2 is 1.79 bits per heavy atom. The Bertz CT molecular complexity index is 838. The summed E-state index contributed by atoms with van der Waals surface area (Å²) in [6.45, 7) is 1.88. The molecule has 1 N–H and O–H groups in total. The minimum absolute atomic E-state index is 0.316. The van der Waals surface area contributed by atoms with E-state index in [9.17, 15) is 5.11 Å². The van der Waals surface area contributed by atoms with Crippen molar-refractivity contribution < 1.29 is 9.84 Å². The smallest absolute Gasteiger partial charge is 0.338 e. The Labute approximate surface area is 139 Å². The maximum Gasteiger partial charge on any atom is 0.338 e. The molecule has 7 nitrogen and oxygen atoms in total. The minimum Gasteiger partial charge on any atom is -0.508 e. The number of rotatable bonds is 3. The van der Waals surface area contributed by atoms with Gasteiger partial charge in [-0.15, -0.1) is 10.2 Å². The molecule has 0 amide bonds. The lowest BCUT2D eigenvalue weighted by molar-refractivity contribution is 0.368. The van der Waals surface area contributed by atoms with Crippen LogP contribution in [0.3, 0.4) is 0 Å². The summed E-state index contributed by atoms with van der Waals surface area (Å²) in [7, 11) is 1.56. The van der Waals surface area contributed by atoms with Gasteiger partial charge in [0.25, 0.3) is 0 Å². The SMILES string of the molecule is COc1nnc2ccc(N3CCC(c4ccc(O)cc4)CC3)nn12. The molecule has 0 spiro atoms. The zero-order valence-electron chi connectivity index (χ0n) is 13.5. The maximum absolute atomic E-state index is 9.42. The lowest BCUT2D eigenvalue weighted by Crippen LogP contribution is -2.33. The van der Waals surface area contributed by atoms with Gasteiger partial charge in [0.05, 0.1) is 7.11 Å². The fraction of sp³-hybridized carbons (Fsp3) is 0.353. The van der Waals surface area contributed by atoms with E-state index in [-0.39, 0.29) is 0 Å². The molecule has 7 heteroatoms. The van der Waals surface area contributed by atoms with Gasteiger partial charge in [0.1, 0.15) is 11.6 Å². The zero-order chi connectivity index (χ0) is 16.5. The number of phenols is 1. The molecule has 0 aliphatic carbocycles. The van der Waals surface area contributed by atoms with Crippen molar-refractivity contribution in [1.82, 2.24) is 19.8 Å². The van der Waals surface area contributed by atoms with Crippen LogP contribution in [-0.2, 0) is 0 Å². The van der Waals surface area contributed by atoms with Crippen molar-refractivity contribution in [1.29, 1.82) is 0 Å². The molecular weight excluding hydrogens is 306 g/mol. The number of piperidine rings is 1. The van der Waals surface area contributed by atoms with Gasteiger partial charge in [-0.3, -0.25) is 0 Å². The zero-order valence-corrected chi connectivity index (χ0v) is 13.5. The predicted octanol–water partition coefficient (Wildman–Crippen LogP) is 2.22. The van der Waals surface area contributed by atoms with Gasteiger partial charge < -0.3 is 14.7 Å². The summed E-state index contributed by atoms with van der Waals surface area (Å²) in [6.07, 6.45) is 2.12. The number of anilines is 1. The van der Waals surface area contributed by atoms with Gasteiger partial charge in [-0.25, -0.2) is 0 Å². The Kier molecular flexibility index (Phi) is 3.68. The number of hydrogen-bond donors (Lipinski definition) is 1. The van der Waals surface area contributed by atoms with E-state index in [1.807, 2.05) is 24.3 Å². The van der Waals surface area contributed by atoms with Crippen LogP contribution in [0.4, 0.5) is 5.82 Å². The van der Waals surface area contributed by atoms with E-state index in [0.29, 0.717) is 23.3 Å². The van der Waals surface area contributed by atoms with Crippen LogP contribution >= 0.6 is 0 Å². The van der Waals surface area contributed by atoms with E-state index in [0.717, 1.165) is 31.7 Å². The molecule has 0 atom stereocenters. The summed E-state index contributed by atoms with van der Waals surface area (Å²) in [5.41, 5.74) is 1.96. The molecule has 3 aromatic rings. The lowest BCUT2D eigenvalue weighted by atomic mass is 9.89. The molecule has 1 aliphatic rings. The van der Waals surface area contributed by atoms with Crippen molar-refractivity contribution in [3.63, 3.8) is 0 Å². The fourth-order valence-corrected chi connectivity index (χ4v) is 3.24. The number of methoxy groups -OCH3 is 1. The van der Waals surface area contributed by atoms with E-state index in [1.165, 1.54) is 5.56 Å². The van der Waals surface area contributed by atoms with Gasteiger partial charge >= 0.3 is 6.01 Å². The topological polar surface area (TPSA) is 75.8 Å². The van der Waals surface area contributed by atoms with Crippen molar-refractivity contribution in [2.75, 3.05) is 25.1 Å². The van der Waals surface area contributed by atoms with Gasteiger partial charge in [-0.2, -0.15) is 4.52 Å². The number of fused-ring (bicyclic) bond motifs is 1. The van der Waals surface area contributed by atoms with Crippen molar-refractivity contribution in [2.45, 2.75) is 18.8 Å². The summed E-state index contributed by atoms with van der Waals surface area (Å²) in [5.74, 6) is 1.75. The number of benzene rings is 1. The number of nitrogens with zero attached hydrogens (tertiary/aromatic N) is 5. The van der Waals surface area contributed by atoms with Gasteiger partial charge in [-0.05, 0) is 48.6 Å². The molecule has 4 rings (SSSR count). The molecule has 0 radical (unpaired) electrons. The quantitative estimate of drug-likeness (QED) is 0.796. The summed E-state index contributed by atoms with van der Waals surface area (Å²) >= 11 is 0. The summed E-state index contributed by atoms with van der Waals surface area (Å²) in [4.78, 5) is 2.27. The largest absolute Gasteiger partial charge is 0.508 e. The Morgan fingerprint density at radius 1 is 1.04 bits per heavy atom. The predicted molar refractivity (Wildman–Crippen MR) is 89.6 cm³/mol. The van der Waals surface area contributed by atoms with Crippen LogP contribution in [-0.4, -0.2) is 45.1 Å². The molecule has 1 fully saturated rings. The number of hydrogen-bond acceptors (Lipinski definition) is 6. The highest BCUT2D eigenvalue weighted by molar-refractivity contribution is 5.47. The first kappa shape index (κ1) is 14.7. The second kappa shape index (κ2) is 5.99. The van der Waals surface area contributed by atoms with Gasteiger partial charge in [0.15, 0.2) is 5.65 Å². The Hall–Kier alpha value is -2.83. The fourth-order valence-electron chi connectivity index (χ4n) is 3.24. The van der Waals surface area contributed by atoms with Crippen molar-refractivity contribution >= 4 is 11.5 Å². The molecule has 1 aliphatic heterocycles. The normalized spacial score (nSPS) is 15.8. The standard InChI is InChI=1S/C17H19N5O2/c1-24-17-19-18-15-6-7-16(20-22(15)17)21-10-8-13(9-11-21)12-2-4-14(23)5-3-12/h2-7,13,23H,8-11H2,1H3. The lowest BCUT2D eigenvalue weighted by Gasteiger charge is -2.32. The monoisotopic (exact) mass is 325 g/mol. The highest BCUT2D eigenvalue weighted by Crippen LogP contribution is 2.30. The van der Waals surface area contributed by atoms with Crippen LogP contribution in [0.2, 0.25) is 0 Å². The number of aromatic nitrogens is 4. The summed E-state index contributed by atoms with van der Waals surface area (Å²) in [6, 6.07) is 11.8. The van der Waals surface area contributed by atoms with Gasteiger partial charge in [-0.1, -0.05) is 17.2 Å². The maximum atomic E-state index is 9.42. The summed E-state index contributed by atoms with van der Waals surface area (Å²) in [5, 5.41) is 22.0. The van der Waals surface area contributed by atoms with Crippen molar-refractivity contribution in [2.24, 2.45) is 0 Å².